The van der Waals surface area contributed by atoms with Crippen molar-refractivity contribution in [3.05, 3.63) is 107 Å². The zero-order valence-electron chi connectivity index (χ0n) is 18.0. The summed E-state index contributed by atoms with van der Waals surface area (Å²) in [6.45, 7) is 2.05. The summed E-state index contributed by atoms with van der Waals surface area (Å²) in [4.78, 5) is 29.9. The molecule has 0 aromatic heterocycles. The highest BCUT2D eigenvalue weighted by Gasteiger charge is 2.32. The molecule has 4 nitrogen and oxygen atoms in total. The van der Waals surface area contributed by atoms with Crippen molar-refractivity contribution in [2.45, 2.75) is 6.92 Å². The van der Waals surface area contributed by atoms with E-state index in [1.807, 2.05) is 73.7 Å². The Hall–Kier alpha value is -4.44. The smallest absolute Gasteiger partial charge is 0.256 e. The first kappa shape index (κ1) is 19.3. The number of carbonyl (C=O) groups excluding carboxylic acids is 2. The molecule has 0 spiro atoms. The number of benzene rings is 4. The Kier molecular flexibility index (Phi) is 4.27. The van der Waals surface area contributed by atoms with Gasteiger partial charge >= 0.3 is 0 Å². The minimum atomic E-state index is -0.0918. The maximum Gasteiger partial charge on any atom is 0.256 e. The van der Waals surface area contributed by atoms with E-state index in [1.54, 1.807) is 22.0 Å². The van der Waals surface area contributed by atoms with Crippen LogP contribution >= 0.6 is 0 Å². The van der Waals surface area contributed by atoms with Crippen molar-refractivity contribution in [3.63, 3.8) is 0 Å². The lowest BCUT2D eigenvalue weighted by atomic mass is 9.97. The van der Waals surface area contributed by atoms with E-state index in [1.165, 1.54) is 0 Å². The molecule has 0 unspecified atom stereocenters. The maximum atomic E-state index is 13.2. The van der Waals surface area contributed by atoms with Crippen molar-refractivity contribution in [1.82, 2.24) is 0 Å². The van der Waals surface area contributed by atoms with Gasteiger partial charge < -0.3 is 0 Å². The van der Waals surface area contributed by atoms with Crippen LogP contribution in [0.3, 0.4) is 0 Å². The predicted molar refractivity (Wildman–Crippen MR) is 132 cm³/mol. The molecule has 0 bridgehead atoms. The molecular weight excluding hydrogens is 408 g/mol. The Balaban J connectivity index is 1.68. The summed E-state index contributed by atoms with van der Waals surface area (Å²) >= 11 is 0. The average molecular weight is 428 g/mol. The summed E-state index contributed by atoms with van der Waals surface area (Å²) in [6, 6.07) is 29.4. The Labute approximate surface area is 191 Å². The van der Waals surface area contributed by atoms with E-state index in [9.17, 15) is 9.59 Å². The van der Waals surface area contributed by atoms with Gasteiger partial charge in [0.15, 0.2) is 0 Å². The molecule has 4 heteroatoms. The molecule has 0 saturated heterocycles. The van der Waals surface area contributed by atoms with E-state index >= 15 is 0 Å². The van der Waals surface area contributed by atoms with Gasteiger partial charge in [0.25, 0.3) is 11.8 Å². The Bertz CT molecular complexity index is 1540. The van der Waals surface area contributed by atoms with E-state index < -0.39 is 0 Å². The van der Waals surface area contributed by atoms with Gasteiger partial charge in [-0.3, -0.25) is 19.4 Å². The Morgan fingerprint density at radius 2 is 1.21 bits per heavy atom. The van der Waals surface area contributed by atoms with Crippen LogP contribution in [0.15, 0.2) is 91.0 Å². The lowest BCUT2D eigenvalue weighted by Gasteiger charge is -2.23. The van der Waals surface area contributed by atoms with E-state index in [-0.39, 0.29) is 11.8 Å². The third kappa shape index (κ3) is 2.99. The largest absolute Gasteiger partial charge is 0.277 e. The van der Waals surface area contributed by atoms with Gasteiger partial charge in [-0.15, -0.1) is 0 Å². The molecule has 0 saturated carbocycles. The second-order valence-corrected chi connectivity index (χ2v) is 8.30. The average Bonchev–Trinajstić information content (AvgIpc) is 3.34. The van der Waals surface area contributed by atoms with Gasteiger partial charge in [-0.2, -0.15) is 0 Å². The fourth-order valence-corrected chi connectivity index (χ4v) is 4.68. The summed E-state index contributed by atoms with van der Waals surface area (Å²) in [5, 5.41) is 1.64. The second kappa shape index (κ2) is 7.31. The van der Waals surface area contributed by atoms with Gasteiger partial charge in [0, 0.05) is 39.5 Å². The molecule has 158 valence electrons. The van der Waals surface area contributed by atoms with Crippen LogP contribution in [0.2, 0.25) is 0 Å². The molecule has 0 N–H and O–H groups in total. The number of aryl methyl sites for hydroxylation is 1. The summed E-state index contributed by atoms with van der Waals surface area (Å²) in [7, 11) is 0. The van der Waals surface area contributed by atoms with Gasteiger partial charge in [-0.1, -0.05) is 66.2 Å². The predicted octanol–water partition coefficient (Wildman–Crippen LogP) is 4.58. The summed E-state index contributed by atoms with van der Waals surface area (Å²) in [5.74, 6) is -0.184. The number of carbonyl (C=O) groups is 2. The SMILES string of the molecule is Cc1ccc(-c2c3c(cc4c2=CC(=O)N4c2ccccc2)=CC(=O)N3c2ccccc2)cc1. The molecule has 2 aliphatic rings. The van der Waals surface area contributed by atoms with Crippen LogP contribution in [-0.4, -0.2) is 11.8 Å². The van der Waals surface area contributed by atoms with Crippen LogP contribution in [0.1, 0.15) is 5.56 Å². The first-order chi connectivity index (χ1) is 16.1. The minimum Gasteiger partial charge on any atom is -0.277 e. The van der Waals surface area contributed by atoms with Crippen molar-refractivity contribution in [3.8, 4) is 11.1 Å². The molecule has 0 radical (unpaired) electrons. The third-order valence-corrected chi connectivity index (χ3v) is 6.17. The van der Waals surface area contributed by atoms with Crippen molar-refractivity contribution >= 4 is 46.7 Å². The third-order valence-electron chi connectivity index (χ3n) is 6.17. The number of fused-ring (bicyclic) bond motifs is 2. The number of para-hydroxylation sites is 2. The minimum absolute atomic E-state index is 0.0918. The molecule has 2 heterocycles. The molecular formula is C29H20N2O2. The van der Waals surface area contributed by atoms with Crippen LogP contribution < -0.4 is 20.2 Å². The summed E-state index contributed by atoms with van der Waals surface area (Å²) < 4.78 is 0. The first-order valence-corrected chi connectivity index (χ1v) is 10.9. The number of nitrogens with zero attached hydrogens (tertiary/aromatic N) is 2. The first-order valence-electron chi connectivity index (χ1n) is 10.9. The molecule has 33 heavy (non-hydrogen) atoms. The van der Waals surface area contributed by atoms with Crippen molar-refractivity contribution in [1.29, 1.82) is 0 Å². The van der Waals surface area contributed by atoms with E-state index in [0.29, 0.717) is 0 Å². The highest BCUT2D eigenvalue weighted by molar-refractivity contribution is 6.27. The zero-order chi connectivity index (χ0) is 22.5. The highest BCUT2D eigenvalue weighted by atomic mass is 16.2. The van der Waals surface area contributed by atoms with Gasteiger partial charge in [0.2, 0.25) is 0 Å². The second-order valence-electron chi connectivity index (χ2n) is 8.30. The fraction of sp³-hybridized carbons (Fsp3) is 0.0345. The number of rotatable bonds is 3. The number of anilines is 4. The quantitative estimate of drug-likeness (QED) is 0.479. The zero-order valence-corrected chi connectivity index (χ0v) is 18.0. The van der Waals surface area contributed by atoms with Crippen LogP contribution in [0.25, 0.3) is 23.3 Å². The van der Waals surface area contributed by atoms with Crippen molar-refractivity contribution in [2.75, 3.05) is 9.80 Å². The van der Waals surface area contributed by atoms with Gasteiger partial charge in [-0.25, -0.2) is 0 Å². The Morgan fingerprint density at radius 3 is 1.85 bits per heavy atom. The van der Waals surface area contributed by atoms with Gasteiger partial charge in [0.1, 0.15) is 0 Å². The lowest BCUT2D eigenvalue weighted by molar-refractivity contribution is -0.112. The summed E-state index contributed by atoms with van der Waals surface area (Å²) in [5.41, 5.74) is 6.22. The van der Waals surface area contributed by atoms with Crippen LogP contribution in [0, 0.1) is 6.92 Å². The summed E-state index contributed by atoms with van der Waals surface area (Å²) in [6.07, 6.45) is 3.34. The molecule has 2 aliphatic heterocycles. The molecule has 6 rings (SSSR count). The van der Waals surface area contributed by atoms with Crippen molar-refractivity contribution in [2.24, 2.45) is 0 Å². The monoisotopic (exact) mass is 428 g/mol. The van der Waals surface area contributed by atoms with Crippen LogP contribution in [0.4, 0.5) is 22.7 Å². The molecule has 4 aromatic rings. The van der Waals surface area contributed by atoms with E-state index in [4.69, 9.17) is 0 Å². The standard InChI is InChI=1S/C29H20N2O2/c1-19-12-14-20(15-13-19)28-24-18-27(33)30(22-8-4-2-5-9-22)25(24)16-21-17-26(32)31(29(21)28)23-10-6-3-7-11-23/h2-18H,1H3. The molecule has 0 aliphatic carbocycles. The lowest BCUT2D eigenvalue weighted by Crippen LogP contribution is -2.26. The molecule has 2 amide bonds. The van der Waals surface area contributed by atoms with Gasteiger partial charge in [-0.05, 0) is 42.8 Å². The number of hydrogen-bond acceptors (Lipinski definition) is 2. The maximum absolute atomic E-state index is 13.2. The highest BCUT2D eigenvalue weighted by Crippen LogP contribution is 2.37. The number of amides is 2. The van der Waals surface area contributed by atoms with E-state index in [2.05, 4.69) is 24.3 Å². The number of hydrogen-bond donors (Lipinski definition) is 0. The van der Waals surface area contributed by atoms with Crippen LogP contribution in [0.5, 0.6) is 0 Å². The molecule has 0 fully saturated rings. The topological polar surface area (TPSA) is 40.6 Å². The van der Waals surface area contributed by atoms with Gasteiger partial charge in [0.05, 0.1) is 11.4 Å². The molecule has 4 aromatic carbocycles. The normalized spacial score (nSPS) is 14.1. The van der Waals surface area contributed by atoms with Crippen LogP contribution in [-0.2, 0) is 9.59 Å². The molecule has 0 atom stereocenters. The fourth-order valence-electron chi connectivity index (χ4n) is 4.68. The van der Waals surface area contributed by atoms with E-state index in [0.717, 1.165) is 49.9 Å². The Morgan fingerprint density at radius 1 is 0.636 bits per heavy atom. The van der Waals surface area contributed by atoms with Crippen molar-refractivity contribution < 1.29 is 9.59 Å².